The summed E-state index contributed by atoms with van der Waals surface area (Å²) < 4.78 is 5.43. The molecule has 0 saturated carbocycles. The van der Waals surface area contributed by atoms with Crippen LogP contribution in [0.25, 0.3) is 0 Å². The standard InChI is InChI=1S/C15H18N2O2/c1-10-8-11-6-5-7-12(9-16)13(11)17(10)14(18)19-15(2,3)4/h5-7,10H,8H2,1-4H3. The predicted molar refractivity (Wildman–Crippen MR) is 73.0 cm³/mol. The van der Waals surface area contributed by atoms with Gasteiger partial charge in [-0.05, 0) is 45.7 Å². The molecule has 0 fully saturated rings. The predicted octanol–water partition coefficient (Wildman–Crippen LogP) is 3.24. The zero-order valence-corrected chi connectivity index (χ0v) is 11.7. The molecule has 100 valence electrons. The van der Waals surface area contributed by atoms with E-state index < -0.39 is 5.60 Å². The topological polar surface area (TPSA) is 53.3 Å². The van der Waals surface area contributed by atoms with Gasteiger partial charge >= 0.3 is 6.09 Å². The van der Waals surface area contributed by atoms with Crippen molar-refractivity contribution in [2.24, 2.45) is 0 Å². The van der Waals surface area contributed by atoms with Crippen LogP contribution in [0.1, 0.15) is 38.8 Å². The summed E-state index contributed by atoms with van der Waals surface area (Å²) >= 11 is 0. The molecule has 1 aliphatic heterocycles. The first-order chi connectivity index (χ1) is 8.83. The smallest absolute Gasteiger partial charge is 0.415 e. The van der Waals surface area contributed by atoms with Gasteiger partial charge in [0.1, 0.15) is 11.7 Å². The summed E-state index contributed by atoms with van der Waals surface area (Å²) in [4.78, 5) is 13.9. The number of para-hydroxylation sites is 1. The molecule has 1 aromatic rings. The Labute approximate surface area is 113 Å². The number of nitriles is 1. The van der Waals surface area contributed by atoms with Crippen LogP contribution in [0, 0.1) is 11.3 Å². The van der Waals surface area contributed by atoms with Crippen molar-refractivity contribution in [3.63, 3.8) is 0 Å². The molecular formula is C15H18N2O2. The maximum absolute atomic E-state index is 12.3. The molecule has 0 radical (unpaired) electrons. The quantitative estimate of drug-likeness (QED) is 0.717. The summed E-state index contributed by atoms with van der Waals surface area (Å²) in [5, 5.41) is 9.19. The number of hydrogen-bond donors (Lipinski definition) is 0. The Kier molecular flexibility index (Phi) is 3.23. The molecule has 4 heteroatoms. The average Bonchev–Trinajstić information content (AvgIpc) is 2.62. The Morgan fingerprint density at radius 2 is 2.16 bits per heavy atom. The van der Waals surface area contributed by atoms with E-state index >= 15 is 0 Å². The van der Waals surface area contributed by atoms with Gasteiger partial charge in [0, 0.05) is 6.04 Å². The third-order valence-corrected chi connectivity index (χ3v) is 3.03. The molecule has 1 unspecified atom stereocenters. The maximum Gasteiger partial charge on any atom is 0.415 e. The largest absolute Gasteiger partial charge is 0.443 e. The van der Waals surface area contributed by atoms with Crippen LogP contribution in [0.4, 0.5) is 10.5 Å². The van der Waals surface area contributed by atoms with Crippen LogP contribution >= 0.6 is 0 Å². The number of ether oxygens (including phenoxy) is 1. The van der Waals surface area contributed by atoms with Gasteiger partial charge in [0.25, 0.3) is 0 Å². The third-order valence-electron chi connectivity index (χ3n) is 3.03. The molecule has 1 heterocycles. The average molecular weight is 258 g/mol. The normalized spacial score (nSPS) is 17.8. The van der Waals surface area contributed by atoms with Crippen molar-refractivity contribution in [3.8, 4) is 6.07 Å². The fourth-order valence-corrected chi connectivity index (χ4v) is 2.34. The molecule has 0 aliphatic carbocycles. The van der Waals surface area contributed by atoms with E-state index in [-0.39, 0.29) is 12.1 Å². The van der Waals surface area contributed by atoms with E-state index in [1.165, 1.54) is 0 Å². The second kappa shape index (κ2) is 4.58. The minimum Gasteiger partial charge on any atom is -0.443 e. The molecule has 0 saturated heterocycles. The van der Waals surface area contributed by atoms with Gasteiger partial charge in [-0.3, -0.25) is 4.90 Å². The second-order valence-corrected chi connectivity index (χ2v) is 5.83. The van der Waals surface area contributed by atoms with Gasteiger partial charge in [-0.1, -0.05) is 12.1 Å². The van der Waals surface area contributed by atoms with E-state index in [2.05, 4.69) is 6.07 Å². The van der Waals surface area contributed by atoms with Gasteiger partial charge in [-0.2, -0.15) is 5.26 Å². The van der Waals surface area contributed by atoms with Crippen molar-refractivity contribution in [1.82, 2.24) is 0 Å². The van der Waals surface area contributed by atoms with Gasteiger partial charge in [0.15, 0.2) is 0 Å². The van der Waals surface area contributed by atoms with E-state index in [0.717, 1.165) is 12.0 Å². The lowest BCUT2D eigenvalue weighted by Crippen LogP contribution is -2.40. The van der Waals surface area contributed by atoms with Gasteiger partial charge in [0.2, 0.25) is 0 Å². The molecule has 1 amide bonds. The summed E-state index contributed by atoms with van der Waals surface area (Å²) in [6.45, 7) is 7.47. The Bertz CT molecular complexity index is 552. The lowest BCUT2D eigenvalue weighted by Gasteiger charge is -2.27. The molecule has 1 aliphatic rings. The van der Waals surface area contributed by atoms with Gasteiger partial charge in [0.05, 0.1) is 11.3 Å². The number of rotatable bonds is 0. The van der Waals surface area contributed by atoms with Crippen LogP contribution < -0.4 is 4.90 Å². The Balaban J connectivity index is 2.40. The van der Waals surface area contributed by atoms with Crippen molar-refractivity contribution in [2.45, 2.75) is 45.8 Å². The number of carbonyl (C=O) groups excluding carboxylic acids is 1. The number of nitrogens with zero attached hydrogens (tertiary/aromatic N) is 2. The SMILES string of the molecule is CC1Cc2cccc(C#N)c2N1C(=O)OC(C)(C)C. The first-order valence-corrected chi connectivity index (χ1v) is 6.37. The zero-order valence-electron chi connectivity index (χ0n) is 11.7. The number of hydrogen-bond acceptors (Lipinski definition) is 3. The van der Waals surface area contributed by atoms with Crippen LogP contribution in [0.5, 0.6) is 0 Å². The Morgan fingerprint density at radius 3 is 2.74 bits per heavy atom. The minimum absolute atomic E-state index is 0.0133. The van der Waals surface area contributed by atoms with E-state index in [9.17, 15) is 10.1 Å². The number of amides is 1. The molecule has 19 heavy (non-hydrogen) atoms. The molecule has 0 aromatic heterocycles. The van der Waals surface area contributed by atoms with Crippen molar-refractivity contribution >= 4 is 11.8 Å². The second-order valence-electron chi connectivity index (χ2n) is 5.83. The lowest BCUT2D eigenvalue weighted by atomic mass is 10.1. The Morgan fingerprint density at radius 1 is 1.47 bits per heavy atom. The molecular weight excluding hydrogens is 240 g/mol. The van der Waals surface area contributed by atoms with Crippen molar-refractivity contribution < 1.29 is 9.53 Å². The maximum atomic E-state index is 12.3. The van der Waals surface area contributed by atoms with Crippen molar-refractivity contribution in [2.75, 3.05) is 4.90 Å². The summed E-state index contributed by atoms with van der Waals surface area (Å²) in [6.07, 6.45) is 0.367. The minimum atomic E-state index is -0.541. The number of benzene rings is 1. The van der Waals surface area contributed by atoms with Gasteiger partial charge < -0.3 is 4.74 Å². The fourth-order valence-electron chi connectivity index (χ4n) is 2.34. The van der Waals surface area contributed by atoms with E-state index in [1.807, 2.05) is 39.8 Å². The number of carbonyl (C=O) groups is 1. The van der Waals surface area contributed by atoms with Crippen LogP contribution in [-0.2, 0) is 11.2 Å². The first-order valence-electron chi connectivity index (χ1n) is 6.37. The third kappa shape index (κ3) is 2.55. The molecule has 1 atom stereocenters. The van der Waals surface area contributed by atoms with Gasteiger partial charge in [-0.25, -0.2) is 4.79 Å². The van der Waals surface area contributed by atoms with Crippen LogP contribution in [0.15, 0.2) is 18.2 Å². The number of fused-ring (bicyclic) bond motifs is 1. The summed E-state index contributed by atoms with van der Waals surface area (Å²) in [6, 6.07) is 7.70. The fraction of sp³-hybridized carbons (Fsp3) is 0.467. The van der Waals surface area contributed by atoms with E-state index in [4.69, 9.17) is 4.74 Å². The highest BCUT2D eigenvalue weighted by Crippen LogP contribution is 2.36. The zero-order chi connectivity index (χ0) is 14.2. The van der Waals surface area contributed by atoms with Crippen LogP contribution in [0.3, 0.4) is 0 Å². The van der Waals surface area contributed by atoms with E-state index in [1.54, 1.807) is 11.0 Å². The summed E-state index contributed by atoms with van der Waals surface area (Å²) in [5.74, 6) is 0. The molecule has 0 N–H and O–H groups in total. The van der Waals surface area contributed by atoms with E-state index in [0.29, 0.717) is 11.3 Å². The van der Waals surface area contributed by atoms with Crippen LogP contribution in [-0.4, -0.2) is 17.7 Å². The number of anilines is 1. The lowest BCUT2D eigenvalue weighted by molar-refractivity contribution is 0.0572. The molecule has 4 nitrogen and oxygen atoms in total. The monoisotopic (exact) mass is 258 g/mol. The summed E-state index contributed by atoms with van der Waals surface area (Å²) in [5.41, 5.74) is 1.71. The molecule has 0 spiro atoms. The Hall–Kier alpha value is -2.02. The van der Waals surface area contributed by atoms with Crippen molar-refractivity contribution in [3.05, 3.63) is 29.3 Å². The first kappa shape index (κ1) is 13.4. The van der Waals surface area contributed by atoms with Crippen molar-refractivity contribution in [1.29, 1.82) is 5.26 Å². The molecule has 2 rings (SSSR count). The highest BCUT2D eigenvalue weighted by molar-refractivity contribution is 5.93. The highest BCUT2D eigenvalue weighted by Gasteiger charge is 2.35. The molecule has 0 bridgehead atoms. The van der Waals surface area contributed by atoms with Gasteiger partial charge in [-0.15, -0.1) is 0 Å². The van der Waals surface area contributed by atoms with Crippen LogP contribution in [0.2, 0.25) is 0 Å². The summed E-state index contributed by atoms with van der Waals surface area (Å²) in [7, 11) is 0. The molecule has 1 aromatic carbocycles. The highest BCUT2D eigenvalue weighted by atomic mass is 16.6.